The van der Waals surface area contributed by atoms with Crippen LogP contribution in [0.25, 0.3) is 0 Å². The smallest absolute Gasteiger partial charge is 0.221 e. The lowest BCUT2D eigenvalue weighted by Gasteiger charge is -2.22. The van der Waals surface area contributed by atoms with Crippen LogP contribution in [0.3, 0.4) is 0 Å². The van der Waals surface area contributed by atoms with Gasteiger partial charge in [-0.15, -0.1) is 0 Å². The van der Waals surface area contributed by atoms with Crippen molar-refractivity contribution in [2.75, 3.05) is 26.0 Å². The lowest BCUT2D eigenvalue weighted by Crippen LogP contribution is -2.38. The minimum Gasteiger partial charge on any atom is -0.495 e. The molecule has 1 amide bonds. The van der Waals surface area contributed by atoms with Crippen molar-refractivity contribution < 1.29 is 9.53 Å². The highest BCUT2D eigenvalue weighted by Crippen LogP contribution is 2.25. The molecule has 29 heavy (non-hydrogen) atoms. The van der Waals surface area contributed by atoms with Gasteiger partial charge in [0.1, 0.15) is 5.75 Å². The summed E-state index contributed by atoms with van der Waals surface area (Å²) in [6.45, 7) is 7.76. The fourth-order valence-corrected chi connectivity index (χ4v) is 3.01. The Labute approximate surface area is 174 Å². The molecule has 0 aliphatic rings. The summed E-state index contributed by atoms with van der Waals surface area (Å²) in [5.74, 6) is 1.34. The maximum absolute atomic E-state index is 11.4. The van der Waals surface area contributed by atoms with Crippen molar-refractivity contribution in [3.05, 3.63) is 59.2 Å². The number of guanidine groups is 1. The summed E-state index contributed by atoms with van der Waals surface area (Å²) in [6, 6.07) is 14.4. The van der Waals surface area contributed by atoms with Gasteiger partial charge in [-0.1, -0.05) is 37.3 Å². The third-order valence-electron chi connectivity index (χ3n) is 4.53. The Morgan fingerprint density at radius 3 is 2.31 bits per heavy atom. The quantitative estimate of drug-likeness (QED) is 0.526. The van der Waals surface area contributed by atoms with E-state index in [-0.39, 0.29) is 5.91 Å². The molecule has 0 saturated carbocycles. The summed E-state index contributed by atoms with van der Waals surface area (Å²) in [7, 11) is 3.62. The van der Waals surface area contributed by atoms with Gasteiger partial charge in [0.25, 0.3) is 0 Å². The summed E-state index contributed by atoms with van der Waals surface area (Å²) in [4.78, 5) is 18.3. The topological polar surface area (TPSA) is 66.0 Å². The minimum absolute atomic E-state index is 0.133. The number of carbonyl (C=O) groups is 1. The Kier molecular flexibility index (Phi) is 8.52. The predicted molar refractivity (Wildman–Crippen MR) is 119 cm³/mol. The van der Waals surface area contributed by atoms with Crippen molar-refractivity contribution in [1.29, 1.82) is 0 Å². The molecule has 0 saturated heterocycles. The van der Waals surface area contributed by atoms with Crippen LogP contribution >= 0.6 is 0 Å². The molecule has 0 atom stereocenters. The van der Waals surface area contributed by atoms with Gasteiger partial charge in [0.2, 0.25) is 5.91 Å². The largest absolute Gasteiger partial charge is 0.495 e. The van der Waals surface area contributed by atoms with Gasteiger partial charge >= 0.3 is 0 Å². The first-order chi connectivity index (χ1) is 14.0. The van der Waals surface area contributed by atoms with Gasteiger partial charge in [0.05, 0.1) is 19.3 Å². The number of methoxy groups -OCH3 is 1. The number of anilines is 1. The standard InChI is InChI=1S/C23H32N4O2/c1-6-18-8-10-19(11-9-18)16-27(4)23(24-7-2)25-15-20-12-13-22(29-5)21(14-20)26-17(3)28/h8-14H,6-7,15-16H2,1-5H3,(H,24,25)(H,26,28). The van der Waals surface area contributed by atoms with Crippen LogP contribution in [0.15, 0.2) is 47.5 Å². The van der Waals surface area contributed by atoms with Crippen LogP contribution < -0.4 is 15.4 Å². The molecular weight excluding hydrogens is 364 g/mol. The van der Waals surface area contributed by atoms with Crippen LogP contribution in [0.5, 0.6) is 5.75 Å². The lowest BCUT2D eigenvalue weighted by atomic mass is 10.1. The first-order valence-electron chi connectivity index (χ1n) is 9.98. The first kappa shape index (κ1) is 22.3. The molecule has 156 valence electrons. The fourth-order valence-electron chi connectivity index (χ4n) is 3.01. The van der Waals surface area contributed by atoms with Gasteiger partial charge in [0, 0.05) is 27.1 Å². The summed E-state index contributed by atoms with van der Waals surface area (Å²) in [5.41, 5.74) is 4.23. The van der Waals surface area contributed by atoms with E-state index in [0.29, 0.717) is 18.0 Å². The number of hydrogen-bond acceptors (Lipinski definition) is 3. The van der Waals surface area contributed by atoms with Crippen molar-refractivity contribution in [3.63, 3.8) is 0 Å². The van der Waals surface area contributed by atoms with Crippen molar-refractivity contribution in [1.82, 2.24) is 10.2 Å². The highest BCUT2D eigenvalue weighted by atomic mass is 16.5. The molecule has 2 N–H and O–H groups in total. The molecule has 2 aromatic rings. The van der Waals surface area contributed by atoms with Crippen molar-refractivity contribution in [3.8, 4) is 5.75 Å². The summed E-state index contributed by atoms with van der Waals surface area (Å²) in [5, 5.41) is 6.15. The fraction of sp³-hybridized carbons (Fsp3) is 0.391. The van der Waals surface area contributed by atoms with Crippen LogP contribution in [-0.4, -0.2) is 37.5 Å². The molecular formula is C23H32N4O2. The normalized spacial score (nSPS) is 11.1. The number of hydrogen-bond donors (Lipinski definition) is 2. The monoisotopic (exact) mass is 396 g/mol. The van der Waals surface area contributed by atoms with E-state index in [1.807, 2.05) is 25.2 Å². The number of nitrogens with one attached hydrogen (secondary N) is 2. The third kappa shape index (κ3) is 6.82. The average Bonchev–Trinajstić information content (AvgIpc) is 2.71. The van der Waals surface area contributed by atoms with Gasteiger partial charge in [-0.3, -0.25) is 4.79 Å². The number of benzene rings is 2. The van der Waals surface area contributed by atoms with E-state index in [9.17, 15) is 4.79 Å². The predicted octanol–water partition coefficient (Wildman–Crippen LogP) is 3.81. The molecule has 0 aliphatic carbocycles. The van der Waals surface area contributed by atoms with Crippen molar-refractivity contribution in [2.45, 2.75) is 40.3 Å². The van der Waals surface area contributed by atoms with Crippen molar-refractivity contribution in [2.24, 2.45) is 4.99 Å². The van der Waals surface area contributed by atoms with E-state index in [4.69, 9.17) is 9.73 Å². The minimum atomic E-state index is -0.133. The second kappa shape index (κ2) is 11.1. The van der Waals surface area contributed by atoms with E-state index in [1.54, 1.807) is 7.11 Å². The molecule has 2 rings (SSSR count). The number of aliphatic imine (C=N–C) groups is 1. The van der Waals surface area contributed by atoms with E-state index in [2.05, 4.69) is 53.6 Å². The zero-order valence-electron chi connectivity index (χ0n) is 18.1. The first-order valence-corrected chi connectivity index (χ1v) is 9.98. The molecule has 0 aliphatic heterocycles. The number of nitrogens with zero attached hydrogens (tertiary/aromatic N) is 2. The second-order valence-corrected chi connectivity index (χ2v) is 6.91. The Morgan fingerprint density at radius 1 is 1.07 bits per heavy atom. The summed E-state index contributed by atoms with van der Waals surface area (Å²) < 4.78 is 5.32. The Bertz CT molecular complexity index is 831. The number of rotatable bonds is 8. The van der Waals surface area contributed by atoms with Crippen LogP contribution in [0, 0.1) is 0 Å². The summed E-state index contributed by atoms with van der Waals surface area (Å²) in [6.07, 6.45) is 1.04. The molecule has 0 fully saturated rings. The Hall–Kier alpha value is -3.02. The molecule has 0 unspecified atom stereocenters. The molecule has 2 aromatic carbocycles. The Morgan fingerprint density at radius 2 is 1.72 bits per heavy atom. The van der Waals surface area contributed by atoms with Gasteiger partial charge in [-0.2, -0.15) is 0 Å². The molecule has 0 bridgehead atoms. The van der Waals surface area contributed by atoms with Gasteiger partial charge < -0.3 is 20.3 Å². The average molecular weight is 397 g/mol. The number of carbonyl (C=O) groups excluding carboxylic acids is 1. The van der Waals surface area contributed by atoms with Crippen LogP contribution in [-0.2, 0) is 24.3 Å². The van der Waals surface area contributed by atoms with Gasteiger partial charge in [0.15, 0.2) is 5.96 Å². The highest BCUT2D eigenvalue weighted by molar-refractivity contribution is 5.90. The summed E-state index contributed by atoms with van der Waals surface area (Å²) >= 11 is 0. The second-order valence-electron chi connectivity index (χ2n) is 6.91. The molecule has 0 radical (unpaired) electrons. The zero-order chi connectivity index (χ0) is 21.2. The molecule has 0 aromatic heterocycles. The Balaban J connectivity index is 2.13. The van der Waals surface area contributed by atoms with Gasteiger partial charge in [-0.05, 0) is 42.2 Å². The highest BCUT2D eigenvalue weighted by Gasteiger charge is 2.09. The van der Waals surface area contributed by atoms with Crippen LogP contribution in [0.1, 0.15) is 37.5 Å². The number of aryl methyl sites for hydroxylation is 1. The van der Waals surface area contributed by atoms with E-state index >= 15 is 0 Å². The van der Waals surface area contributed by atoms with E-state index < -0.39 is 0 Å². The number of amides is 1. The third-order valence-corrected chi connectivity index (χ3v) is 4.53. The maximum Gasteiger partial charge on any atom is 0.221 e. The SMILES string of the molecule is CCNC(=NCc1ccc(OC)c(NC(C)=O)c1)N(C)Cc1ccc(CC)cc1. The molecule has 6 nitrogen and oxygen atoms in total. The molecule has 6 heteroatoms. The van der Waals surface area contributed by atoms with E-state index in [1.165, 1.54) is 18.1 Å². The van der Waals surface area contributed by atoms with Crippen LogP contribution in [0.4, 0.5) is 5.69 Å². The maximum atomic E-state index is 11.4. The van der Waals surface area contributed by atoms with E-state index in [0.717, 1.165) is 31.0 Å². The zero-order valence-corrected chi connectivity index (χ0v) is 18.1. The van der Waals surface area contributed by atoms with Crippen LogP contribution in [0.2, 0.25) is 0 Å². The van der Waals surface area contributed by atoms with Gasteiger partial charge in [-0.25, -0.2) is 4.99 Å². The number of ether oxygens (including phenoxy) is 1. The lowest BCUT2D eigenvalue weighted by molar-refractivity contribution is -0.114. The molecule has 0 heterocycles. The van der Waals surface area contributed by atoms with Crippen molar-refractivity contribution >= 4 is 17.6 Å². The molecule has 0 spiro atoms.